The third-order valence-corrected chi connectivity index (χ3v) is 7.04. The molecule has 10 heteroatoms. The molecule has 164 valence electrons. The van der Waals surface area contributed by atoms with Crippen LogP contribution in [0.4, 0.5) is 0 Å². The lowest BCUT2D eigenvalue weighted by Crippen LogP contribution is -2.66. The first-order chi connectivity index (χ1) is 13.1. The number of halogens is 1. The zero-order valence-electron chi connectivity index (χ0n) is 16.8. The topological polar surface area (TPSA) is 119 Å². The lowest BCUT2D eigenvalue weighted by molar-refractivity contribution is -0.206. The molecule has 0 bridgehead atoms. The van der Waals surface area contributed by atoms with Crippen LogP contribution in [0.25, 0.3) is 0 Å². The van der Waals surface area contributed by atoms with Crippen LogP contribution in [0, 0.1) is 5.92 Å². The highest BCUT2D eigenvalue weighted by atomic mass is 35.5. The van der Waals surface area contributed by atoms with E-state index in [0.29, 0.717) is 5.92 Å². The Hall–Kier alpha value is -0.290. The number of alkyl halides is 1. The third kappa shape index (κ3) is 5.24. The number of carbonyl (C=O) groups excluding carboxylic acids is 1. The van der Waals surface area contributed by atoms with E-state index < -0.39 is 52.1 Å². The number of likely N-dealkylation sites (tertiary alicyclic amines) is 1. The first kappa shape index (κ1) is 24.0. The van der Waals surface area contributed by atoms with Crippen molar-refractivity contribution in [1.82, 2.24) is 10.2 Å². The largest absolute Gasteiger partial charge is 0.388 e. The fourth-order valence-electron chi connectivity index (χ4n) is 4.19. The van der Waals surface area contributed by atoms with E-state index in [2.05, 4.69) is 12.2 Å². The number of rotatable bonds is 7. The standard InChI is InChI=1S/C18H33ClN2O6S/c1-5-6-10-7-11(21(3)8-10)17(25)20-12(9(2)19)16-14(23)13(22)15(24)18(27-16)28(4)26/h9-16,18,22-24H,5-8H2,1-4H3,(H,20,25)/t9-,10+,11-,12?,13-,14+,15+,16+,18+,28?/m0/s1. The van der Waals surface area contributed by atoms with Crippen LogP contribution in [-0.4, -0.2) is 97.5 Å². The van der Waals surface area contributed by atoms with Crippen molar-refractivity contribution in [2.24, 2.45) is 5.92 Å². The third-order valence-electron chi connectivity index (χ3n) is 5.73. The van der Waals surface area contributed by atoms with Gasteiger partial charge < -0.3 is 25.4 Å². The number of nitrogens with zero attached hydrogens (tertiary/aromatic N) is 1. The molecule has 0 aromatic carbocycles. The molecule has 2 rings (SSSR count). The summed E-state index contributed by atoms with van der Waals surface area (Å²) in [6, 6.07) is -1.13. The summed E-state index contributed by atoms with van der Waals surface area (Å²) in [5, 5.41) is 32.8. The number of likely N-dealkylation sites (N-methyl/N-ethyl adjacent to an activating group) is 1. The Kier molecular flexibility index (Phi) is 8.69. The normalized spacial score (nSPS) is 40.1. The predicted molar refractivity (Wildman–Crippen MR) is 107 cm³/mol. The molecule has 8 nitrogen and oxygen atoms in total. The zero-order chi connectivity index (χ0) is 21.2. The number of hydrogen-bond donors (Lipinski definition) is 4. The maximum absolute atomic E-state index is 12.9. The van der Waals surface area contributed by atoms with Gasteiger partial charge in [-0.05, 0) is 32.7 Å². The maximum Gasteiger partial charge on any atom is 0.237 e. The predicted octanol–water partition coefficient (Wildman–Crippen LogP) is -0.595. The number of carbonyl (C=O) groups is 1. The molecule has 10 atom stereocenters. The van der Waals surface area contributed by atoms with E-state index in [0.717, 1.165) is 25.8 Å². The number of hydrogen-bond acceptors (Lipinski definition) is 7. The summed E-state index contributed by atoms with van der Waals surface area (Å²) in [6.45, 7) is 4.61. The van der Waals surface area contributed by atoms with Crippen LogP contribution < -0.4 is 5.32 Å². The highest BCUT2D eigenvalue weighted by Gasteiger charge is 2.49. The molecule has 2 aliphatic heterocycles. The van der Waals surface area contributed by atoms with Gasteiger partial charge in [-0.25, -0.2) is 0 Å². The summed E-state index contributed by atoms with van der Waals surface area (Å²) in [7, 11) is 0.301. The molecule has 2 saturated heterocycles. The fraction of sp³-hybridized carbons (Fsp3) is 0.944. The van der Waals surface area contributed by atoms with Gasteiger partial charge in [0.25, 0.3) is 0 Å². The van der Waals surface area contributed by atoms with Crippen LogP contribution in [0.1, 0.15) is 33.1 Å². The van der Waals surface area contributed by atoms with Gasteiger partial charge in [0, 0.05) is 12.8 Å². The summed E-state index contributed by atoms with van der Waals surface area (Å²) < 4.78 is 17.5. The number of amides is 1. The molecule has 0 saturated carbocycles. The van der Waals surface area contributed by atoms with E-state index >= 15 is 0 Å². The number of ether oxygens (including phenoxy) is 1. The van der Waals surface area contributed by atoms with E-state index in [4.69, 9.17) is 16.3 Å². The molecule has 0 aromatic heterocycles. The minimum atomic E-state index is -1.60. The van der Waals surface area contributed by atoms with Crippen LogP contribution in [-0.2, 0) is 20.3 Å². The van der Waals surface area contributed by atoms with Crippen LogP contribution in [0.2, 0.25) is 0 Å². The number of aliphatic hydroxyl groups excluding tert-OH is 3. The van der Waals surface area contributed by atoms with E-state index in [9.17, 15) is 24.3 Å². The highest BCUT2D eigenvalue weighted by molar-refractivity contribution is 7.84. The van der Waals surface area contributed by atoms with Gasteiger partial charge in [0.15, 0.2) is 5.44 Å². The molecule has 4 N–H and O–H groups in total. The number of aliphatic hydroxyl groups is 3. The van der Waals surface area contributed by atoms with Crippen LogP contribution in [0.3, 0.4) is 0 Å². The average molecular weight is 441 g/mol. The maximum atomic E-state index is 12.9. The van der Waals surface area contributed by atoms with Crippen molar-refractivity contribution < 1.29 is 29.1 Å². The smallest absolute Gasteiger partial charge is 0.237 e. The van der Waals surface area contributed by atoms with Gasteiger partial charge in [-0.3, -0.25) is 13.9 Å². The summed E-state index contributed by atoms with van der Waals surface area (Å²) in [5.41, 5.74) is -1.18. The van der Waals surface area contributed by atoms with Crippen molar-refractivity contribution in [2.75, 3.05) is 19.8 Å². The molecule has 28 heavy (non-hydrogen) atoms. The Morgan fingerprint density at radius 2 is 1.96 bits per heavy atom. The first-order valence-electron chi connectivity index (χ1n) is 9.75. The molecule has 2 unspecified atom stereocenters. The lowest BCUT2D eigenvalue weighted by atomic mass is 9.92. The van der Waals surface area contributed by atoms with Crippen molar-refractivity contribution in [1.29, 1.82) is 0 Å². The summed E-state index contributed by atoms with van der Waals surface area (Å²) in [6.07, 6.45) is -1.41. The van der Waals surface area contributed by atoms with Gasteiger partial charge in [0.1, 0.15) is 24.4 Å². The van der Waals surface area contributed by atoms with Gasteiger partial charge in [0.2, 0.25) is 5.91 Å². The monoisotopic (exact) mass is 440 g/mol. The SMILES string of the molecule is CCC[C@@H]1C[C@@H](C(=O)NC([C@H](C)Cl)[C@H]2O[C@H](S(C)=O)[C@H](O)[C@@H](O)[C@H]2O)N(C)C1. The van der Waals surface area contributed by atoms with E-state index in [-0.39, 0.29) is 11.9 Å². The van der Waals surface area contributed by atoms with E-state index in [1.807, 2.05) is 11.9 Å². The molecule has 2 aliphatic rings. The van der Waals surface area contributed by atoms with Crippen LogP contribution >= 0.6 is 11.6 Å². The fourth-order valence-corrected chi connectivity index (χ4v) is 5.24. The average Bonchev–Trinajstić information content (AvgIpc) is 2.98. The first-order valence-corrected chi connectivity index (χ1v) is 11.8. The Labute approximate surface area is 174 Å². The minimum Gasteiger partial charge on any atom is -0.388 e. The van der Waals surface area contributed by atoms with Crippen molar-refractivity contribution >= 4 is 28.3 Å². The second-order valence-electron chi connectivity index (χ2n) is 8.00. The zero-order valence-corrected chi connectivity index (χ0v) is 18.4. The molecule has 1 amide bonds. The van der Waals surface area contributed by atoms with Crippen molar-refractivity contribution in [3.63, 3.8) is 0 Å². The second-order valence-corrected chi connectivity index (χ2v) is 10.1. The van der Waals surface area contributed by atoms with E-state index in [1.165, 1.54) is 6.26 Å². The molecule has 2 heterocycles. The van der Waals surface area contributed by atoms with Gasteiger partial charge in [-0.2, -0.15) is 0 Å². The Morgan fingerprint density at radius 1 is 1.32 bits per heavy atom. The van der Waals surface area contributed by atoms with Crippen molar-refractivity contribution in [2.45, 2.75) is 80.4 Å². The summed E-state index contributed by atoms with van der Waals surface area (Å²) >= 11 is 6.28. The van der Waals surface area contributed by atoms with Crippen molar-refractivity contribution in [3.8, 4) is 0 Å². The van der Waals surface area contributed by atoms with Crippen LogP contribution in [0.15, 0.2) is 0 Å². The van der Waals surface area contributed by atoms with Crippen LogP contribution in [0.5, 0.6) is 0 Å². The van der Waals surface area contributed by atoms with Gasteiger partial charge in [0.05, 0.1) is 28.3 Å². The summed E-state index contributed by atoms with van der Waals surface area (Å²) in [5.74, 6) is 0.238. The lowest BCUT2D eigenvalue weighted by Gasteiger charge is -2.43. The number of nitrogens with one attached hydrogen (secondary N) is 1. The molecule has 2 fully saturated rings. The van der Waals surface area contributed by atoms with Gasteiger partial charge in [-0.1, -0.05) is 13.3 Å². The molecular weight excluding hydrogens is 408 g/mol. The Morgan fingerprint density at radius 3 is 2.50 bits per heavy atom. The molecule has 0 aliphatic carbocycles. The Bertz CT molecular complexity index is 568. The highest BCUT2D eigenvalue weighted by Crippen LogP contribution is 2.29. The molecule has 0 spiro atoms. The molecule has 0 radical (unpaired) electrons. The molecule has 0 aromatic rings. The van der Waals surface area contributed by atoms with Gasteiger partial charge in [-0.15, -0.1) is 11.6 Å². The van der Waals surface area contributed by atoms with Crippen molar-refractivity contribution in [3.05, 3.63) is 0 Å². The minimum absolute atomic E-state index is 0.218. The second kappa shape index (κ2) is 10.1. The van der Waals surface area contributed by atoms with E-state index in [1.54, 1.807) is 6.92 Å². The van der Waals surface area contributed by atoms with Gasteiger partial charge >= 0.3 is 0 Å². The summed E-state index contributed by atoms with van der Waals surface area (Å²) in [4.78, 5) is 14.9. The Balaban J connectivity index is 2.14. The molecular formula is C18H33ClN2O6S. The quantitative estimate of drug-likeness (QED) is 0.390.